The summed E-state index contributed by atoms with van der Waals surface area (Å²) in [5.74, 6) is 0.690. The van der Waals surface area contributed by atoms with Crippen LogP contribution < -0.4 is 4.74 Å². The maximum atomic E-state index is 11.3. The van der Waals surface area contributed by atoms with Crippen molar-refractivity contribution in [2.75, 3.05) is 0 Å². The Hall–Kier alpha value is -1.43. The number of ether oxygens (including phenoxy) is 1. The van der Waals surface area contributed by atoms with Crippen molar-refractivity contribution in [2.24, 2.45) is 0 Å². The summed E-state index contributed by atoms with van der Waals surface area (Å²) in [5, 5.41) is 0. The molecule has 3 atom stereocenters. The highest BCUT2D eigenvalue weighted by atomic mass is 32.2. The lowest BCUT2D eigenvalue weighted by molar-refractivity contribution is -0.0466. The van der Waals surface area contributed by atoms with Gasteiger partial charge in [0.25, 0.3) is 0 Å². The number of benzene rings is 1. The third kappa shape index (κ3) is 3.79. The summed E-state index contributed by atoms with van der Waals surface area (Å²) < 4.78 is 32.1. The first-order chi connectivity index (χ1) is 11.1. The van der Waals surface area contributed by atoms with Gasteiger partial charge >= 0.3 is 11.4 Å². The zero-order valence-corrected chi connectivity index (χ0v) is 15.7. The summed E-state index contributed by atoms with van der Waals surface area (Å²) >= 11 is -2.39. The first-order valence-electron chi connectivity index (χ1n) is 8.09. The standard InChI is InChI=1S/C19H26O4S/c1-6-19(23-24(20)21)14-8-7-13-18(19,5)22-16-11-9-15(10-12-16)17(2,3)4/h7-14H,6H2,1-5H3,(H,20,21). The Morgan fingerprint density at radius 1 is 1.12 bits per heavy atom. The third-order valence-electron chi connectivity index (χ3n) is 4.53. The average Bonchev–Trinajstić information content (AvgIpc) is 2.49. The Bertz CT molecular complexity index is 657. The van der Waals surface area contributed by atoms with Gasteiger partial charge in [-0.3, -0.25) is 8.74 Å². The molecule has 0 fully saturated rings. The van der Waals surface area contributed by atoms with Gasteiger partial charge in [0, 0.05) is 0 Å². The second-order valence-electron chi connectivity index (χ2n) is 7.25. The molecule has 0 amide bonds. The van der Waals surface area contributed by atoms with Gasteiger partial charge in [0.1, 0.15) is 11.4 Å². The molecular formula is C19H26O4S. The van der Waals surface area contributed by atoms with Crippen molar-refractivity contribution in [1.82, 2.24) is 0 Å². The quantitative estimate of drug-likeness (QED) is 0.792. The molecule has 2 rings (SSSR count). The Morgan fingerprint density at radius 2 is 1.71 bits per heavy atom. The van der Waals surface area contributed by atoms with Gasteiger partial charge in [-0.25, -0.2) is 0 Å². The summed E-state index contributed by atoms with van der Waals surface area (Å²) in [6, 6.07) is 7.93. The molecule has 132 valence electrons. The van der Waals surface area contributed by atoms with Gasteiger partial charge in [-0.2, -0.15) is 4.21 Å². The van der Waals surface area contributed by atoms with E-state index in [1.807, 2.05) is 56.3 Å². The van der Waals surface area contributed by atoms with E-state index in [2.05, 4.69) is 20.8 Å². The minimum Gasteiger partial charge on any atom is -0.480 e. The maximum Gasteiger partial charge on any atom is 0.302 e. The van der Waals surface area contributed by atoms with E-state index in [9.17, 15) is 8.76 Å². The highest BCUT2D eigenvalue weighted by Gasteiger charge is 2.50. The average molecular weight is 350 g/mol. The topological polar surface area (TPSA) is 55.8 Å². The molecule has 0 saturated heterocycles. The smallest absolute Gasteiger partial charge is 0.302 e. The summed E-state index contributed by atoms with van der Waals surface area (Å²) in [6.07, 6.45) is 7.81. The summed E-state index contributed by atoms with van der Waals surface area (Å²) in [6.45, 7) is 10.2. The summed E-state index contributed by atoms with van der Waals surface area (Å²) in [7, 11) is 0. The van der Waals surface area contributed by atoms with Crippen LogP contribution in [0.1, 0.15) is 46.6 Å². The Labute approximate surface area is 147 Å². The summed E-state index contributed by atoms with van der Waals surface area (Å²) in [5.41, 5.74) is -0.615. The Balaban J connectivity index is 2.32. The van der Waals surface area contributed by atoms with Crippen LogP contribution in [-0.4, -0.2) is 20.0 Å². The van der Waals surface area contributed by atoms with Crippen molar-refractivity contribution in [3.63, 3.8) is 0 Å². The Morgan fingerprint density at radius 3 is 2.21 bits per heavy atom. The molecular weight excluding hydrogens is 324 g/mol. The largest absolute Gasteiger partial charge is 0.480 e. The molecule has 1 aromatic rings. The van der Waals surface area contributed by atoms with Crippen LogP contribution in [0.4, 0.5) is 0 Å². The SMILES string of the molecule is CCC1(OS(=O)O)C=CC=CC1(C)Oc1ccc(C(C)(C)C)cc1. The lowest BCUT2D eigenvalue weighted by Crippen LogP contribution is -2.56. The molecule has 4 nitrogen and oxygen atoms in total. The predicted octanol–water partition coefficient (Wildman–Crippen LogP) is 4.55. The van der Waals surface area contributed by atoms with Gasteiger partial charge in [-0.1, -0.05) is 52.0 Å². The van der Waals surface area contributed by atoms with Gasteiger partial charge in [0.05, 0.1) is 0 Å². The van der Waals surface area contributed by atoms with Crippen LogP contribution in [0.3, 0.4) is 0 Å². The molecule has 0 spiro atoms. The molecule has 1 aliphatic rings. The van der Waals surface area contributed by atoms with E-state index in [4.69, 9.17) is 8.92 Å². The molecule has 24 heavy (non-hydrogen) atoms. The molecule has 0 radical (unpaired) electrons. The van der Waals surface area contributed by atoms with Crippen molar-refractivity contribution in [3.8, 4) is 5.75 Å². The van der Waals surface area contributed by atoms with Gasteiger partial charge in [-0.15, -0.1) is 0 Å². The number of hydrogen-bond donors (Lipinski definition) is 1. The van der Waals surface area contributed by atoms with Gasteiger partial charge in [-0.05, 0) is 48.6 Å². The maximum absolute atomic E-state index is 11.3. The Kier molecular flexibility index (Phi) is 5.37. The second kappa shape index (κ2) is 6.82. The predicted molar refractivity (Wildman–Crippen MR) is 97.3 cm³/mol. The van der Waals surface area contributed by atoms with Crippen LogP contribution >= 0.6 is 0 Å². The van der Waals surface area contributed by atoms with Crippen molar-refractivity contribution in [2.45, 2.75) is 57.7 Å². The monoisotopic (exact) mass is 350 g/mol. The molecule has 3 unspecified atom stereocenters. The molecule has 0 heterocycles. The van der Waals surface area contributed by atoms with Crippen molar-refractivity contribution in [3.05, 3.63) is 54.1 Å². The fourth-order valence-corrected chi connectivity index (χ4v) is 3.50. The number of rotatable bonds is 5. The first kappa shape index (κ1) is 18.9. The van der Waals surface area contributed by atoms with E-state index in [0.29, 0.717) is 12.2 Å². The van der Waals surface area contributed by atoms with Crippen molar-refractivity contribution >= 4 is 11.4 Å². The molecule has 0 saturated carbocycles. The van der Waals surface area contributed by atoms with Crippen molar-refractivity contribution in [1.29, 1.82) is 0 Å². The fourth-order valence-electron chi connectivity index (χ4n) is 2.91. The minimum absolute atomic E-state index is 0.0694. The molecule has 0 aromatic heterocycles. The third-order valence-corrected chi connectivity index (χ3v) is 4.97. The molecule has 1 N–H and O–H groups in total. The van der Waals surface area contributed by atoms with E-state index in [-0.39, 0.29) is 5.41 Å². The zero-order valence-electron chi connectivity index (χ0n) is 14.9. The second-order valence-corrected chi connectivity index (χ2v) is 7.85. The lowest BCUT2D eigenvalue weighted by Gasteiger charge is -2.44. The molecule has 5 heteroatoms. The minimum atomic E-state index is -2.39. The molecule has 1 aromatic carbocycles. The van der Waals surface area contributed by atoms with E-state index in [1.54, 1.807) is 6.08 Å². The summed E-state index contributed by atoms with van der Waals surface area (Å²) in [4.78, 5) is 0. The van der Waals surface area contributed by atoms with Crippen molar-refractivity contribution < 1.29 is 17.7 Å². The van der Waals surface area contributed by atoms with E-state index >= 15 is 0 Å². The highest BCUT2D eigenvalue weighted by molar-refractivity contribution is 7.74. The fraction of sp³-hybridized carbons (Fsp3) is 0.474. The van der Waals surface area contributed by atoms with Gasteiger partial charge in [0.2, 0.25) is 0 Å². The van der Waals surface area contributed by atoms with E-state index in [1.165, 1.54) is 5.56 Å². The zero-order chi connectivity index (χ0) is 18.0. The van der Waals surface area contributed by atoms with Crippen LogP contribution in [0.25, 0.3) is 0 Å². The first-order valence-corrected chi connectivity index (χ1v) is 9.12. The van der Waals surface area contributed by atoms with Crippen LogP contribution in [-0.2, 0) is 21.0 Å². The normalized spacial score (nSPS) is 27.9. The van der Waals surface area contributed by atoms with E-state index in [0.717, 1.165) is 0 Å². The van der Waals surface area contributed by atoms with Gasteiger partial charge < -0.3 is 4.74 Å². The number of hydrogen-bond acceptors (Lipinski definition) is 3. The van der Waals surface area contributed by atoms with Gasteiger partial charge in [0.15, 0.2) is 5.60 Å². The lowest BCUT2D eigenvalue weighted by atomic mass is 9.78. The highest BCUT2D eigenvalue weighted by Crippen LogP contribution is 2.39. The van der Waals surface area contributed by atoms with Crippen LogP contribution in [0.15, 0.2) is 48.6 Å². The van der Waals surface area contributed by atoms with Crippen LogP contribution in [0.2, 0.25) is 0 Å². The molecule has 0 bridgehead atoms. The molecule has 1 aliphatic carbocycles. The van der Waals surface area contributed by atoms with E-state index < -0.39 is 22.6 Å². The van der Waals surface area contributed by atoms with Crippen LogP contribution in [0, 0.1) is 0 Å². The number of allylic oxidation sites excluding steroid dienone is 2. The molecule has 0 aliphatic heterocycles. The van der Waals surface area contributed by atoms with Crippen LogP contribution in [0.5, 0.6) is 5.75 Å².